The van der Waals surface area contributed by atoms with E-state index >= 15 is 0 Å². The molecule has 1 heterocycles. The lowest BCUT2D eigenvalue weighted by atomic mass is 9.87. The molecule has 2 N–H and O–H groups in total. The fourth-order valence-electron chi connectivity index (χ4n) is 4.31. The summed E-state index contributed by atoms with van der Waals surface area (Å²) in [6, 6.07) is 0. The molecule has 1 saturated heterocycles. The van der Waals surface area contributed by atoms with E-state index in [9.17, 15) is 19.5 Å². The molecule has 3 fully saturated rings. The smallest absolute Gasteiger partial charge is 0.308 e. The van der Waals surface area contributed by atoms with E-state index in [1.165, 1.54) is 19.3 Å². The monoisotopic (exact) mass is 336 g/mol. The van der Waals surface area contributed by atoms with E-state index in [1.54, 1.807) is 4.90 Å². The van der Waals surface area contributed by atoms with Crippen molar-refractivity contribution in [2.24, 2.45) is 23.7 Å². The van der Waals surface area contributed by atoms with Crippen LogP contribution >= 0.6 is 0 Å². The highest BCUT2D eigenvalue weighted by atomic mass is 16.4. The molecule has 3 rings (SSSR count). The van der Waals surface area contributed by atoms with E-state index in [0.717, 1.165) is 25.7 Å². The molecule has 134 valence electrons. The number of carboxylic acids is 1. The fourth-order valence-corrected chi connectivity index (χ4v) is 4.31. The molecule has 2 aliphatic carbocycles. The molecule has 6 nitrogen and oxygen atoms in total. The lowest BCUT2D eigenvalue weighted by Gasteiger charge is -2.21. The number of carbonyl (C=O) groups is 3. The van der Waals surface area contributed by atoms with Crippen molar-refractivity contribution in [2.75, 3.05) is 19.6 Å². The molecule has 24 heavy (non-hydrogen) atoms. The number of likely N-dealkylation sites (tertiary alicyclic amines) is 1. The van der Waals surface area contributed by atoms with Crippen LogP contribution in [-0.4, -0.2) is 47.4 Å². The van der Waals surface area contributed by atoms with Crippen LogP contribution in [0.2, 0.25) is 0 Å². The molecule has 0 unspecified atom stereocenters. The molecule has 6 heteroatoms. The van der Waals surface area contributed by atoms with Crippen molar-refractivity contribution in [1.82, 2.24) is 10.2 Å². The second-order valence-corrected chi connectivity index (χ2v) is 7.73. The van der Waals surface area contributed by atoms with Crippen LogP contribution in [0.5, 0.6) is 0 Å². The van der Waals surface area contributed by atoms with E-state index in [1.807, 2.05) is 0 Å². The van der Waals surface area contributed by atoms with Gasteiger partial charge in [0.25, 0.3) is 0 Å². The summed E-state index contributed by atoms with van der Waals surface area (Å²) in [6.45, 7) is 0.808. The SMILES string of the molecule is O=C(CC1CCCCC1)NCC(=O)N1C[C@H](C(=O)O)[C@@H](C2CC2)C1. The average Bonchev–Trinajstić information content (AvgIpc) is 3.31. The van der Waals surface area contributed by atoms with Crippen LogP contribution in [0, 0.1) is 23.7 Å². The molecule has 2 saturated carbocycles. The van der Waals surface area contributed by atoms with Gasteiger partial charge in [0.05, 0.1) is 12.5 Å². The number of carboxylic acid groups (broad SMARTS) is 1. The van der Waals surface area contributed by atoms with Gasteiger partial charge in [-0.25, -0.2) is 0 Å². The molecule has 3 aliphatic rings. The first-order valence-electron chi connectivity index (χ1n) is 9.32. The molecule has 0 spiro atoms. The number of hydrogen-bond donors (Lipinski definition) is 2. The van der Waals surface area contributed by atoms with Crippen molar-refractivity contribution in [3.63, 3.8) is 0 Å². The first-order chi connectivity index (χ1) is 11.5. The maximum Gasteiger partial charge on any atom is 0.308 e. The van der Waals surface area contributed by atoms with Gasteiger partial charge in [-0.05, 0) is 43.4 Å². The van der Waals surface area contributed by atoms with Crippen molar-refractivity contribution < 1.29 is 19.5 Å². The molecule has 2 atom stereocenters. The minimum absolute atomic E-state index is 0.00468. The van der Waals surface area contributed by atoms with Gasteiger partial charge in [-0.15, -0.1) is 0 Å². The molecular formula is C18H28N2O4. The Morgan fingerprint density at radius 1 is 1.00 bits per heavy atom. The van der Waals surface area contributed by atoms with Gasteiger partial charge in [0.15, 0.2) is 0 Å². The van der Waals surface area contributed by atoms with Crippen LogP contribution in [0.15, 0.2) is 0 Å². The Kier molecular flexibility index (Phi) is 5.41. The summed E-state index contributed by atoms with van der Waals surface area (Å²) in [4.78, 5) is 37.3. The Labute approximate surface area is 143 Å². The molecule has 0 radical (unpaired) electrons. The van der Waals surface area contributed by atoms with Gasteiger partial charge in [-0.2, -0.15) is 0 Å². The zero-order valence-corrected chi connectivity index (χ0v) is 14.2. The highest BCUT2D eigenvalue weighted by molar-refractivity contribution is 5.85. The third-order valence-corrected chi connectivity index (χ3v) is 5.90. The van der Waals surface area contributed by atoms with E-state index in [0.29, 0.717) is 24.8 Å². The Balaban J connectivity index is 1.43. The quantitative estimate of drug-likeness (QED) is 0.772. The summed E-state index contributed by atoms with van der Waals surface area (Å²) in [5, 5.41) is 12.1. The van der Waals surface area contributed by atoms with Crippen molar-refractivity contribution in [2.45, 2.75) is 51.4 Å². The number of amides is 2. The Morgan fingerprint density at radius 2 is 1.71 bits per heavy atom. The van der Waals surface area contributed by atoms with Gasteiger partial charge in [0, 0.05) is 19.5 Å². The third-order valence-electron chi connectivity index (χ3n) is 5.90. The minimum atomic E-state index is -0.802. The van der Waals surface area contributed by atoms with Gasteiger partial charge in [0.1, 0.15) is 0 Å². The van der Waals surface area contributed by atoms with Gasteiger partial charge in [-0.1, -0.05) is 19.3 Å². The number of nitrogens with zero attached hydrogens (tertiary/aromatic N) is 1. The van der Waals surface area contributed by atoms with Crippen LogP contribution in [0.25, 0.3) is 0 Å². The minimum Gasteiger partial charge on any atom is -0.481 e. The molecule has 1 aliphatic heterocycles. The Morgan fingerprint density at radius 3 is 2.33 bits per heavy atom. The van der Waals surface area contributed by atoms with Crippen LogP contribution in [-0.2, 0) is 14.4 Å². The highest BCUT2D eigenvalue weighted by Crippen LogP contribution is 2.44. The fraction of sp³-hybridized carbons (Fsp3) is 0.833. The maximum atomic E-state index is 12.3. The summed E-state index contributed by atoms with van der Waals surface area (Å²) in [5.41, 5.74) is 0. The Bertz CT molecular complexity index is 497. The van der Waals surface area contributed by atoms with E-state index in [4.69, 9.17) is 0 Å². The molecule has 0 aromatic heterocycles. The van der Waals surface area contributed by atoms with E-state index in [2.05, 4.69) is 5.32 Å². The summed E-state index contributed by atoms with van der Waals surface area (Å²) in [5.74, 6) is -0.447. The largest absolute Gasteiger partial charge is 0.481 e. The van der Waals surface area contributed by atoms with Gasteiger partial charge < -0.3 is 15.3 Å². The number of hydrogen-bond acceptors (Lipinski definition) is 3. The van der Waals surface area contributed by atoms with Crippen molar-refractivity contribution in [3.8, 4) is 0 Å². The van der Waals surface area contributed by atoms with Crippen LogP contribution in [0.1, 0.15) is 51.4 Å². The van der Waals surface area contributed by atoms with E-state index in [-0.39, 0.29) is 30.8 Å². The highest BCUT2D eigenvalue weighted by Gasteiger charge is 2.46. The molecule has 2 amide bonds. The average molecular weight is 336 g/mol. The van der Waals surface area contributed by atoms with Crippen molar-refractivity contribution >= 4 is 17.8 Å². The van der Waals surface area contributed by atoms with Gasteiger partial charge >= 0.3 is 5.97 Å². The van der Waals surface area contributed by atoms with Gasteiger partial charge in [-0.3, -0.25) is 14.4 Å². The number of aliphatic carboxylic acids is 1. The number of carbonyl (C=O) groups excluding carboxylic acids is 2. The van der Waals surface area contributed by atoms with E-state index < -0.39 is 11.9 Å². The lowest BCUT2D eigenvalue weighted by molar-refractivity contribution is -0.143. The van der Waals surface area contributed by atoms with Gasteiger partial charge in [0.2, 0.25) is 11.8 Å². The van der Waals surface area contributed by atoms with Crippen molar-refractivity contribution in [3.05, 3.63) is 0 Å². The standard InChI is InChI=1S/C18H28N2O4/c21-16(8-12-4-2-1-3-5-12)19-9-17(22)20-10-14(13-6-7-13)15(11-20)18(23)24/h12-15H,1-11H2,(H,19,21)(H,23,24)/t14-,15+/m1/s1. The van der Waals surface area contributed by atoms with Crippen molar-refractivity contribution in [1.29, 1.82) is 0 Å². The summed E-state index contributed by atoms with van der Waals surface area (Å²) in [7, 11) is 0. The molecular weight excluding hydrogens is 308 g/mol. The summed E-state index contributed by atoms with van der Waals surface area (Å²) >= 11 is 0. The number of nitrogens with one attached hydrogen (secondary N) is 1. The second kappa shape index (κ2) is 7.53. The lowest BCUT2D eigenvalue weighted by Crippen LogP contribution is -2.40. The van der Waals surface area contributed by atoms with Crippen LogP contribution in [0.4, 0.5) is 0 Å². The Hall–Kier alpha value is -1.59. The first-order valence-corrected chi connectivity index (χ1v) is 9.32. The maximum absolute atomic E-state index is 12.3. The number of rotatable bonds is 6. The molecule has 0 aromatic carbocycles. The molecule has 0 aromatic rings. The first kappa shape index (κ1) is 17.2. The summed E-state index contributed by atoms with van der Waals surface area (Å²) < 4.78 is 0. The zero-order valence-electron chi connectivity index (χ0n) is 14.2. The van der Waals surface area contributed by atoms with Crippen LogP contribution < -0.4 is 5.32 Å². The normalized spacial score (nSPS) is 27.9. The zero-order chi connectivity index (χ0) is 17.1. The second-order valence-electron chi connectivity index (χ2n) is 7.73. The third kappa shape index (κ3) is 4.28. The van der Waals surface area contributed by atoms with Crippen LogP contribution in [0.3, 0.4) is 0 Å². The topological polar surface area (TPSA) is 86.7 Å². The predicted octanol–water partition coefficient (Wildman–Crippen LogP) is 1.64. The summed E-state index contributed by atoms with van der Waals surface area (Å²) in [6.07, 6.45) is 8.54. The molecule has 0 bridgehead atoms. The predicted molar refractivity (Wildman–Crippen MR) is 88.1 cm³/mol.